The average Bonchev–Trinajstić information content (AvgIpc) is 3.16. The third-order valence-electron chi connectivity index (χ3n) is 5.19. The van der Waals surface area contributed by atoms with Crippen molar-refractivity contribution in [3.8, 4) is 5.88 Å². The molecule has 0 spiro atoms. The standard InChI is InChI=1S/C24H26N4O3S/c1-15(2)31-23-17(8-6-12-26-23)14-27-22(30)20-18-9-3-4-10-19(18)32-24(20)28-21(29)16-7-5-11-25-13-16/h5-8,11-13,15H,3-4,9-10,14H2,1-2H3,(H,27,30)(H,28,29). The van der Waals surface area contributed by atoms with Crippen LogP contribution in [0.1, 0.15) is 63.4 Å². The number of ether oxygens (including phenoxy) is 1. The fourth-order valence-electron chi connectivity index (χ4n) is 3.72. The number of thiophene rings is 1. The van der Waals surface area contributed by atoms with Gasteiger partial charge in [-0.3, -0.25) is 14.6 Å². The highest BCUT2D eigenvalue weighted by molar-refractivity contribution is 7.17. The number of pyridine rings is 2. The first-order valence-corrected chi connectivity index (χ1v) is 11.6. The molecule has 2 amide bonds. The first-order chi connectivity index (χ1) is 15.5. The first-order valence-electron chi connectivity index (χ1n) is 10.8. The lowest BCUT2D eigenvalue weighted by molar-refractivity contribution is 0.0950. The summed E-state index contributed by atoms with van der Waals surface area (Å²) in [6.07, 6.45) is 8.69. The van der Waals surface area contributed by atoms with E-state index < -0.39 is 0 Å². The molecule has 0 fully saturated rings. The molecule has 7 nitrogen and oxygen atoms in total. The number of amides is 2. The van der Waals surface area contributed by atoms with Crippen LogP contribution in [0.15, 0.2) is 42.9 Å². The van der Waals surface area contributed by atoms with E-state index in [1.165, 1.54) is 22.4 Å². The van der Waals surface area contributed by atoms with Crippen LogP contribution in [0.2, 0.25) is 0 Å². The number of hydrogen-bond donors (Lipinski definition) is 2. The second-order valence-corrected chi connectivity index (χ2v) is 9.03. The van der Waals surface area contributed by atoms with Crippen LogP contribution in [-0.2, 0) is 19.4 Å². The third kappa shape index (κ3) is 4.96. The lowest BCUT2D eigenvalue weighted by atomic mass is 9.95. The van der Waals surface area contributed by atoms with Gasteiger partial charge in [-0.05, 0) is 63.3 Å². The van der Waals surface area contributed by atoms with Crippen molar-refractivity contribution in [2.45, 2.75) is 52.2 Å². The second kappa shape index (κ2) is 9.91. The summed E-state index contributed by atoms with van der Waals surface area (Å²) < 4.78 is 5.76. The molecule has 0 bridgehead atoms. The van der Waals surface area contributed by atoms with Gasteiger partial charge in [-0.15, -0.1) is 11.3 Å². The van der Waals surface area contributed by atoms with Crippen molar-refractivity contribution in [2.75, 3.05) is 5.32 Å². The van der Waals surface area contributed by atoms with E-state index in [1.54, 1.807) is 24.5 Å². The quantitative estimate of drug-likeness (QED) is 0.557. The summed E-state index contributed by atoms with van der Waals surface area (Å²) in [5.74, 6) is 0.0381. The topological polar surface area (TPSA) is 93.2 Å². The Morgan fingerprint density at radius 3 is 2.72 bits per heavy atom. The number of aromatic nitrogens is 2. The molecule has 1 aliphatic carbocycles. The molecule has 0 aliphatic heterocycles. The van der Waals surface area contributed by atoms with Crippen molar-refractivity contribution < 1.29 is 14.3 Å². The highest BCUT2D eigenvalue weighted by atomic mass is 32.1. The predicted octanol–water partition coefficient (Wildman–Crippen LogP) is 4.39. The summed E-state index contributed by atoms with van der Waals surface area (Å²) in [6, 6.07) is 7.13. The number of anilines is 1. The van der Waals surface area contributed by atoms with E-state index in [-0.39, 0.29) is 24.5 Å². The third-order valence-corrected chi connectivity index (χ3v) is 6.39. The van der Waals surface area contributed by atoms with Crippen LogP contribution in [0, 0.1) is 0 Å². The number of aryl methyl sites for hydroxylation is 1. The monoisotopic (exact) mass is 450 g/mol. The Labute approximate surface area is 191 Å². The minimum Gasteiger partial charge on any atom is -0.475 e. The fourth-order valence-corrected chi connectivity index (χ4v) is 5.00. The summed E-state index contributed by atoms with van der Waals surface area (Å²) in [6.45, 7) is 4.16. The highest BCUT2D eigenvalue weighted by Gasteiger charge is 2.26. The zero-order valence-corrected chi connectivity index (χ0v) is 19.0. The molecule has 8 heteroatoms. The van der Waals surface area contributed by atoms with Crippen molar-refractivity contribution in [2.24, 2.45) is 0 Å². The molecule has 0 saturated carbocycles. The van der Waals surface area contributed by atoms with Gasteiger partial charge in [0.15, 0.2) is 0 Å². The van der Waals surface area contributed by atoms with Crippen LogP contribution >= 0.6 is 11.3 Å². The summed E-state index contributed by atoms with van der Waals surface area (Å²) >= 11 is 1.50. The van der Waals surface area contributed by atoms with Crippen LogP contribution in [0.5, 0.6) is 5.88 Å². The number of rotatable bonds is 7. The largest absolute Gasteiger partial charge is 0.475 e. The maximum atomic E-state index is 13.3. The molecule has 0 atom stereocenters. The Morgan fingerprint density at radius 2 is 1.94 bits per heavy atom. The highest BCUT2D eigenvalue weighted by Crippen LogP contribution is 2.38. The number of nitrogens with zero attached hydrogens (tertiary/aromatic N) is 2. The molecule has 166 valence electrons. The Hall–Kier alpha value is -3.26. The molecular formula is C24H26N4O3S. The number of hydrogen-bond acceptors (Lipinski definition) is 6. The fraction of sp³-hybridized carbons (Fsp3) is 0.333. The van der Waals surface area contributed by atoms with Crippen LogP contribution in [0.25, 0.3) is 0 Å². The van der Waals surface area contributed by atoms with Crippen LogP contribution in [-0.4, -0.2) is 27.9 Å². The Morgan fingerprint density at radius 1 is 1.12 bits per heavy atom. The van der Waals surface area contributed by atoms with Crippen LogP contribution in [0.4, 0.5) is 5.00 Å². The molecule has 4 rings (SSSR count). The lowest BCUT2D eigenvalue weighted by Crippen LogP contribution is -2.26. The van der Waals surface area contributed by atoms with E-state index in [9.17, 15) is 9.59 Å². The van der Waals surface area contributed by atoms with Gasteiger partial charge in [-0.2, -0.15) is 0 Å². The van der Waals surface area contributed by atoms with Gasteiger partial charge < -0.3 is 15.4 Å². The van der Waals surface area contributed by atoms with Gasteiger partial charge >= 0.3 is 0 Å². The zero-order chi connectivity index (χ0) is 22.5. The molecule has 3 aromatic rings. The molecule has 3 aromatic heterocycles. The smallest absolute Gasteiger partial charge is 0.257 e. The van der Waals surface area contributed by atoms with E-state index in [2.05, 4.69) is 20.6 Å². The number of carbonyl (C=O) groups excluding carboxylic acids is 2. The van der Waals surface area contributed by atoms with Crippen molar-refractivity contribution in [3.63, 3.8) is 0 Å². The number of nitrogens with one attached hydrogen (secondary N) is 2. The molecule has 3 heterocycles. The minimum atomic E-state index is -0.273. The summed E-state index contributed by atoms with van der Waals surface area (Å²) in [4.78, 5) is 35.5. The Kier molecular flexibility index (Phi) is 6.80. The molecular weight excluding hydrogens is 424 g/mol. The second-order valence-electron chi connectivity index (χ2n) is 7.93. The van der Waals surface area contributed by atoms with Gasteiger partial charge in [0.05, 0.1) is 17.2 Å². The van der Waals surface area contributed by atoms with Crippen molar-refractivity contribution in [1.82, 2.24) is 15.3 Å². The van der Waals surface area contributed by atoms with Gasteiger partial charge in [0.25, 0.3) is 11.8 Å². The van der Waals surface area contributed by atoms with Gasteiger partial charge in [-0.25, -0.2) is 4.98 Å². The molecule has 1 aliphatic rings. The number of fused-ring (bicyclic) bond motifs is 1. The van der Waals surface area contributed by atoms with E-state index in [1.807, 2.05) is 26.0 Å². The van der Waals surface area contributed by atoms with Crippen molar-refractivity contribution >= 4 is 28.2 Å². The van der Waals surface area contributed by atoms with Crippen LogP contribution in [0.3, 0.4) is 0 Å². The average molecular weight is 451 g/mol. The maximum Gasteiger partial charge on any atom is 0.257 e. The van der Waals surface area contributed by atoms with Gasteiger partial charge in [0, 0.05) is 35.6 Å². The SMILES string of the molecule is CC(C)Oc1ncccc1CNC(=O)c1c(NC(=O)c2cccnc2)sc2c1CCCC2. The normalized spacial score (nSPS) is 12.8. The van der Waals surface area contributed by atoms with Gasteiger partial charge in [0.1, 0.15) is 5.00 Å². The zero-order valence-electron chi connectivity index (χ0n) is 18.2. The van der Waals surface area contributed by atoms with E-state index in [4.69, 9.17) is 4.74 Å². The lowest BCUT2D eigenvalue weighted by Gasteiger charge is -2.15. The summed E-state index contributed by atoms with van der Waals surface area (Å²) in [7, 11) is 0. The van der Waals surface area contributed by atoms with E-state index >= 15 is 0 Å². The summed E-state index contributed by atoms with van der Waals surface area (Å²) in [5.41, 5.74) is 2.87. The predicted molar refractivity (Wildman–Crippen MR) is 124 cm³/mol. The Bertz CT molecular complexity index is 1110. The first kappa shape index (κ1) is 22.0. The molecule has 0 saturated heterocycles. The van der Waals surface area contributed by atoms with Crippen LogP contribution < -0.4 is 15.4 Å². The molecule has 2 N–H and O–H groups in total. The minimum absolute atomic E-state index is 0.0162. The molecule has 32 heavy (non-hydrogen) atoms. The van der Waals surface area contributed by atoms with E-state index in [0.29, 0.717) is 22.0 Å². The van der Waals surface area contributed by atoms with Gasteiger partial charge in [-0.1, -0.05) is 6.07 Å². The molecule has 0 aromatic carbocycles. The molecule has 0 unspecified atom stereocenters. The summed E-state index contributed by atoms with van der Waals surface area (Å²) in [5, 5.41) is 6.54. The van der Waals surface area contributed by atoms with Crippen molar-refractivity contribution in [3.05, 3.63) is 70.0 Å². The van der Waals surface area contributed by atoms with Crippen molar-refractivity contribution in [1.29, 1.82) is 0 Å². The van der Waals surface area contributed by atoms with Gasteiger partial charge in [0.2, 0.25) is 5.88 Å². The Balaban J connectivity index is 1.56. The number of carbonyl (C=O) groups is 2. The van der Waals surface area contributed by atoms with E-state index in [0.717, 1.165) is 36.8 Å². The maximum absolute atomic E-state index is 13.3. The molecule has 0 radical (unpaired) electrons.